The first-order valence-corrected chi connectivity index (χ1v) is 5.94. The van der Waals surface area contributed by atoms with Crippen molar-refractivity contribution in [3.8, 4) is 11.3 Å². The van der Waals surface area contributed by atoms with Crippen molar-refractivity contribution in [3.63, 3.8) is 0 Å². The number of nitrogens with zero attached hydrogens (tertiary/aromatic N) is 1. The maximum atomic E-state index is 11.0. The lowest BCUT2D eigenvalue weighted by Gasteiger charge is -2.06. The van der Waals surface area contributed by atoms with Crippen LogP contribution in [0.25, 0.3) is 11.3 Å². The van der Waals surface area contributed by atoms with Crippen molar-refractivity contribution in [1.29, 1.82) is 0 Å². The molecule has 0 fully saturated rings. The summed E-state index contributed by atoms with van der Waals surface area (Å²) in [6.45, 7) is 4.32. The van der Waals surface area contributed by atoms with Crippen LogP contribution in [0.5, 0.6) is 0 Å². The van der Waals surface area contributed by atoms with Crippen LogP contribution in [0.1, 0.15) is 35.7 Å². The highest BCUT2D eigenvalue weighted by molar-refractivity contribution is 5.92. The van der Waals surface area contributed by atoms with Crippen molar-refractivity contribution >= 4 is 5.91 Å². The minimum atomic E-state index is -0.454. The number of hydrogen-bond acceptors (Lipinski definition) is 2. The Morgan fingerprint density at radius 3 is 2.22 bits per heavy atom. The highest BCUT2D eigenvalue weighted by Crippen LogP contribution is 2.21. The summed E-state index contributed by atoms with van der Waals surface area (Å²) in [5, 5.41) is 0. The number of benzene rings is 1. The molecular weight excluding hydrogens is 224 g/mol. The van der Waals surface area contributed by atoms with Crippen molar-refractivity contribution in [2.45, 2.75) is 19.8 Å². The first-order valence-electron chi connectivity index (χ1n) is 5.94. The third kappa shape index (κ3) is 2.56. The zero-order valence-corrected chi connectivity index (χ0v) is 10.6. The number of aromatic nitrogens is 1. The highest BCUT2D eigenvalue weighted by atomic mass is 16.1. The zero-order valence-electron chi connectivity index (χ0n) is 10.6. The van der Waals surface area contributed by atoms with E-state index in [9.17, 15) is 4.79 Å². The second-order valence-corrected chi connectivity index (χ2v) is 4.57. The number of carbonyl (C=O) groups excluding carboxylic acids is 1. The molecule has 1 aromatic carbocycles. The van der Waals surface area contributed by atoms with E-state index in [0.29, 0.717) is 11.5 Å². The predicted octanol–water partition coefficient (Wildman–Crippen LogP) is 2.97. The number of rotatable bonds is 3. The van der Waals surface area contributed by atoms with E-state index in [1.807, 2.05) is 18.2 Å². The van der Waals surface area contributed by atoms with Gasteiger partial charge in [0.25, 0.3) is 0 Å². The molecule has 0 atom stereocenters. The van der Waals surface area contributed by atoms with Gasteiger partial charge in [-0.2, -0.15) is 0 Å². The Labute approximate surface area is 107 Å². The van der Waals surface area contributed by atoms with Crippen LogP contribution >= 0.6 is 0 Å². The number of hydrogen-bond donors (Lipinski definition) is 1. The molecule has 3 heteroatoms. The van der Waals surface area contributed by atoms with E-state index in [2.05, 4.69) is 31.0 Å². The molecule has 0 radical (unpaired) electrons. The number of carbonyl (C=O) groups is 1. The van der Waals surface area contributed by atoms with Crippen LogP contribution in [0.15, 0.2) is 42.6 Å². The molecule has 2 N–H and O–H groups in total. The molecule has 0 spiro atoms. The number of primary amides is 1. The van der Waals surface area contributed by atoms with Crippen LogP contribution in [0.2, 0.25) is 0 Å². The minimum Gasteiger partial charge on any atom is -0.366 e. The molecule has 3 nitrogen and oxygen atoms in total. The number of amides is 1. The van der Waals surface area contributed by atoms with E-state index in [4.69, 9.17) is 5.73 Å². The Bertz CT molecular complexity index is 542. The van der Waals surface area contributed by atoms with E-state index in [1.54, 1.807) is 6.07 Å². The molecule has 1 amide bonds. The van der Waals surface area contributed by atoms with Gasteiger partial charge in [-0.1, -0.05) is 38.1 Å². The van der Waals surface area contributed by atoms with Gasteiger partial charge >= 0.3 is 0 Å². The van der Waals surface area contributed by atoms with Crippen molar-refractivity contribution in [3.05, 3.63) is 53.7 Å². The van der Waals surface area contributed by atoms with E-state index >= 15 is 0 Å². The van der Waals surface area contributed by atoms with Gasteiger partial charge in [-0.3, -0.25) is 9.78 Å². The monoisotopic (exact) mass is 240 g/mol. The van der Waals surface area contributed by atoms with E-state index in [-0.39, 0.29) is 0 Å². The molecule has 2 rings (SSSR count). The highest BCUT2D eigenvalue weighted by Gasteiger charge is 2.04. The summed E-state index contributed by atoms with van der Waals surface area (Å²) in [7, 11) is 0. The molecule has 92 valence electrons. The van der Waals surface area contributed by atoms with Crippen LogP contribution in [0.3, 0.4) is 0 Å². The molecule has 0 saturated heterocycles. The van der Waals surface area contributed by atoms with Crippen LogP contribution < -0.4 is 5.73 Å². The number of pyridine rings is 1. The maximum absolute atomic E-state index is 11.0. The molecule has 1 heterocycles. The van der Waals surface area contributed by atoms with Crippen LogP contribution in [-0.2, 0) is 0 Å². The Balaban J connectivity index is 2.28. The lowest BCUT2D eigenvalue weighted by atomic mass is 10.0. The summed E-state index contributed by atoms with van der Waals surface area (Å²) in [6.07, 6.45) is 1.51. The molecule has 0 aliphatic rings. The van der Waals surface area contributed by atoms with Gasteiger partial charge in [0.05, 0.1) is 11.3 Å². The summed E-state index contributed by atoms with van der Waals surface area (Å²) in [5.74, 6) is 0.0634. The summed E-state index contributed by atoms with van der Waals surface area (Å²) < 4.78 is 0. The Morgan fingerprint density at radius 1 is 1.11 bits per heavy atom. The van der Waals surface area contributed by atoms with Gasteiger partial charge in [-0.15, -0.1) is 0 Å². The Kier molecular flexibility index (Phi) is 3.42. The van der Waals surface area contributed by atoms with E-state index in [1.165, 1.54) is 11.8 Å². The van der Waals surface area contributed by atoms with E-state index in [0.717, 1.165) is 11.3 Å². The largest absolute Gasteiger partial charge is 0.366 e. The SMILES string of the molecule is CC(C)c1ccc(-c2ccc(C(N)=O)cn2)cc1. The fourth-order valence-electron chi connectivity index (χ4n) is 1.75. The van der Waals surface area contributed by atoms with Gasteiger partial charge in [-0.05, 0) is 23.6 Å². The van der Waals surface area contributed by atoms with Crippen molar-refractivity contribution < 1.29 is 4.79 Å². The molecule has 1 aromatic heterocycles. The van der Waals surface area contributed by atoms with Gasteiger partial charge in [0.1, 0.15) is 0 Å². The lowest BCUT2D eigenvalue weighted by molar-refractivity contribution is 0.1000. The minimum absolute atomic E-state index is 0.428. The molecule has 2 aromatic rings. The van der Waals surface area contributed by atoms with Crippen molar-refractivity contribution in [2.24, 2.45) is 5.73 Å². The molecule has 0 bridgehead atoms. The van der Waals surface area contributed by atoms with Gasteiger partial charge in [0, 0.05) is 11.8 Å². The second-order valence-electron chi connectivity index (χ2n) is 4.57. The van der Waals surface area contributed by atoms with Crippen molar-refractivity contribution in [1.82, 2.24) is 4.98 Å². The fourth-order valence-corrected chi connectivity index (χ4v) is 1.75. The average Bonchev–Trinajstić information content (AvgIpc) is 2.39. The van der Waals surface area contributed by atoms with Gasteiger partial charge in [-0.25, -0.2) is 0 Å². The van der Waals surface area contributed by atoms with Crippen LogP contribution in [0.4, 0.5) is 0 Å². The lowest BCUT2D eigenvalue weighted by Crippen LogP contribution is -2.10. The molecule has 0 saturated carbocycles. The first-order chi connectivity index (χ1) is 8.58. The zero-order chi connectivity index (χ0) is 13.1. The van der Waals surface area contributed by atoms with Gasteiger partial charge in [0.15, 0.2) is 0 Å². The third-order valence-corrected chi connectivity index (χ3v) is 2.92. The molecule has 18 heavy (non-hydrogen) atoms. The normalized spacial score (nSPS) is 10.6. The summed E-state index contributed by atoms with van der Waals surface area (Å²) in [5.41, 5.74) is 8.78. The second kappa shape index (κ2) is 5.00. The van der Waals surface area contributed by atoms with Crippen LogP contribution in [-0.4, -0.2) is 10.9 Å². The predicted molar refractivity (Wildman–Crippen MR) is 72.3 cm³/mol. The summed E-state index contributed by atoms with van der Waals surface area (Å²) >= 11 is 0. The molecule has 0 aliphatic heterocycles. The Hall–Kier alpha value is -2.16. The molecule has 0 unspecified atom stereocenters. The van der Waals surface area contributed by atoms with Gasteiger partial charge in [0.2, 0.25) is 5.91 Å². The van der Waals surface area contributed by atoms with Crippen molar-refractivity contribution in [2.75, 3.05) is 0 Å². The van der Waals surface area contributed by atoms with Crippen LogP contribution in [0, 0.1) is 0 Å². The third-order valence-electron chi connectivity index (χ3n) is 2.92. The quantitative estimate of drug-likeness (QED) is 0.896. The average molecular weight is 240 g/mol. The smallest absolute Gasteiger partial charge is 0.250 e. The summed E-state index contributed by atoms with van der Waals surface area (Å²) in [6, 6.07) is 11.8. The maximum Gasteiger partial charge on any atom is 0.250 e. The molecular formula is C15H16N2O. The van der Waals surface area contributed by atoms with E-state index < -0.39 is 5.91 Å². The first kappa shape index (κ1) is 12.3. The topological polar surface area (TPSA) is 56.0 Å². The Morgan fingerprint density at radius 2 is 1.78 bits per heavy atom. The standard InChI is InChI=1S/C15H16N2O/c1-10(2)11-3-5-12(6-4-11)14-8-7-13(9-17-14)15(16)18/h3-10H,1-2H3,(H2,16,18). The van der Waals surface area contributed by atoms with Gasteiger partial charge < -0.3 is 5.73 Å². The fraction of sp³-hybridized carbons (Fsp3) is 0.200. The summed E-state index contributed by atoms with van der Waals surface area (Å²) in [4.78, 5) is 15.2. The number of nitrogens with two attached hydrogens (primary N) is 1. The molecule has 0 aliphatic carbocycles.